The highest BCUT2D eigenvalue weighted by Gasteiger charge is 2.61. The minimum absolute atomic E-state index is 0.110. The fourth-order valence-corrected chi connectivity index (χ4v) is 5.92. The average molecular weight is 447 g/mol. The first kappa shape index (κ1) is 19.8. The molecule has 4 rings (SSSR count). The molecule has 2 aliphatic rings. The second-order valence-electron chi connectivity index (χ2n) is 6.88. The van der Waals surface area contributed by atoms with E-state index in [0.717, 1.165) is 5.41 Å². The highest BCUT2D eigenvalue weighted by atomic mass is 35.5. The maximum Gasteiger partial charge on any atom is 0.247 e. The highest BCUT2D eigenvalue weighted by Crippen LogP contribution is 2.52. The van der Waals surface area contributed by atoms with E-state index >= 15 is 0 Å². The fourth-order valence-electron chi connectivity index (χ4n) is 3.92. The quantitative estimate of drug-likeness (QED) is 0.546. The molecule has 1 spiro atoms. The van der Waals surface area contributed by atoms with Gasteiger partial charge in [-0.1, -0.05) is 54.1 Å². The Morgan fingerprint density at radius 1 is 0.966 bits per heavy atom. The monoisotopic (exact) mass is 446 g/mol. The normalized spacial score (nSPS) is 22.6. The van der Waals surface area contributed by atoms with Crippen LogP contribution in [0.1, 0.15) is 17.0 Å². The lowest BCUT2D eigenvalue weighted by Crippen LogP contribution is -2.66. The van der Waals surface area contributed by atoms with E-state index in [2.05, 4.69) is 10.6 Å². The molecular weight excluding hydrogens is 432 g/mol. The molecule has 1 saturated heterocycles. The summed E-state index contributed by atoms with van der Waals surface area (Å²) in [5.41, 5.74) is -0.713. The molecule has 29 heavy (non-hydrogen) atoms. The van der Waals surface area contributed by atoms with Crippen molar-refractivity contribution >= 4 is 56.2 Å². The molecule has 0 aromatic heterocycles. The summed E-state index contributed by atoms with van der Waals surface area (Å²) in [5.74, 6) is -2.68. The van der Waals surface area contributed by atoms with E-state index in [1.165, 1.54) is 0 Å². The molecule has 0 bridgehead atoms. The van der Waals surface area contributed by atoms with Crippen molar-refractivity contribution in [3.05, 3.63) is 76.2 Å². The van der Waals surface area contributed by atoms with Crippen LogP contribution in [-0.4, -0.2) is 31.1 Å². The summed E-state index contributed by atoms with van der Waals surface area (Å²) in [6.45, 7) is 0. The first-order valence-electron chi connectivity index (χ1n) is 8.67. The highest BCUT2D eigenvalue weighted by molar-refractivity contribution is 7.94. The van der Waals surface area contributed by atoms with E-state index in [4.69, 9.17) is 23.8 Å². The summed E-state index contributed by atoms with van der Waals surface area (Å²) in [6, 6.07) is 15.0. The molecule has 1 atom stereocenters. The van der Waals surface area contributed by atoms with Gasteiger partial charge in [0, 0.05) is 16.3 Å². The van der Waals surface area contributed by atoms with Crippen molar-refractivity contribution in [3.63, 3.8) is 0 Å². The lowest BCUT2D eigenvalue weighted by atomic mass is 9.64. The van der Waals surface area contributed by atoms with E-state index < -0.39 is 38.7 Å². The molecule has 0 radical (unpaired) electrons. The third kappa shape index (κ3) is 3.27. The predicted molar refractivity (Wildman–Crippen MR) is 114 cm³/mol. The Morgan fingerprint density at radius 2 is 1.55 bits per heavy atom. The predicted octanol–water partition coefficient (Wildman–Crippen LogP) is 2.41. The molecule has 1 unspecified atom stereocenters. The number of hydrogen-bond acceptors (Lipinski definition) is 5. The molecule has 2 heterocycles. The number of amides is 2. The van der Waals surface area contributed by atoms with E-state index in [-0.39, 0.29) is 10.7 Å². The summed E-state index contributed by atoms with van der Waals surface area (Å²) >= 11 is 10.9. The summed E-state index contributed by atoms with van der Waals surface area (Å²) in [5, 5.41) is 6.39. The molecule has 2 aromatic carbocycles. The Morgan fingerprint density at radius 3 is 2.14 bits per heavy atom. The van der Waals surface area contributed by atoms with E-state index in [9.17, 15) is 18.0 Å². The van der Waals surface area contributed by atoms with Gasteiger partial charge in [-0.2, -0.15) is 0 Å². The number of benzene rings is 2. The first-order valence-corrected chi connectivity index (χ1v) is 11.2. The number of carbonyl (C=O) groups is 2. The van der Waals surface area contributed by atoms with Crippen LogP contribution in [0, 0.1) is 5.41 Å². The number of halogens is 1. The van der Waals surface area contributed by atoms with Crippen molar-refractivity contribution in [2.75, 3.05) is 5.75 Å². The van der Waals surface area contributed by atoms with Crippen LogP contribution in [0.5, 0.6) is 0 Å². The van der Waals surface area contributed by atoms with E-state index in [1.807, 2.05) is 0 Å². The second kappa shape index (κ2) is 7.05. The van der Waals surface area contributed by atoms with E-state index in [0.29, 0.717) is 16.1 Å². The molecule has 0 aliphatic carbocycles. The molecule has 0 saturated carbocycles. The van der Waals surface area contributed by atoms with Gasteiger partial charge in [0.2, 0.25) is 11.8 Å². The van der Waals surface area contributed by atoms with Crippen molar-refractivity contribution in [1.29, 1.82) is 0 Å². The summed E-state index contributed by atoms with van der Waals surface area (Å²) in [6.07, 6.45) is 0. The number of rotatable bonds is 2. The maximum atomic E-state index is 13.3. The largest absolute Gasteiger partial charge is 0.302 e. The van der Waals surface area contributed by atoms with Crippen LogP contribution < -0.4 is 10.6 Å². The van der Waals surface area contributed by atoms with Gasteiger partial charge in [0.1, 0.15) is 0 Å². The zero-order valence-corrected chi connectivity index (χ0v) is 17.3. The third-order valence-electron chi connectivity index (χ3n) is 5.17. The van der Waals surface area contributed by atoms with E-state index in [1.54, 1.807) is 54.6 Å². The molecule has 148 valence electrons. The molecular formula is C20H15ClN2O4S2. The molecule has 2 aliphatic heterocycles. The first-order chi connectivity index (χ1) is 13.7. The van der Waals surface area contributed by atoms with Crippen molar-refractivity contribution in [2.24, 2.45) is 5.41 Å². The molecule has 2 N–H and O–H groups in total. The summed E-state index contributed by atoms with van der Waals surface area (Å²) < 4.78 is 25.6. The van der Waals surface area contributed by atoms with Gasteiger partial charge in [0.05, 0.1) is 5.75 Å². The Bertz CT molecular complexity index is 1140. The second-order valence-corrected chi connectivity index (χ2v) is 9.62. The summed E-state index contributed by atoms with van der Waals surface area (Å²) in [4.78, 5) is 26.6. The maximum absolute atomic E-state index is 13.3. The Kier molecular flexibility index (Phi) is 4.80. The van der Waals surface area contributed by atoms with Gasteiger partial charge in [-0.3, -0.25) is 9.59 Å². The fraction of sp³-hybridized carbons (Fsp3) is 0.150. The van der Waals surface area contributed by atoms with Gasteiger partial charge in [-0.25, -0.2) is 8.42 Å². The number of thiocarbonyl (C=S) groups is 1. The van der Waals surface area contributed by atoms with Gasteiger partial charge in [-0.05, 0) is 41.1 Å². The minimum Gasteiger partial charge on any atom is -0.302 e. The van der Waals surface area contributed by atoms with Crippen molar-refractivity contribution in [2.45, 2.75) is 5.92 Å². The lowest BCUT2D eigenvalue weighted by molar-refractivity contribution is -0.140. The Balaban J connectivity index is 2.04. The van der Waals surface area contributed by atoms with Gasteiger partial charge in [-0.15, -0.1) is 0 Å². The van der Waals surface area contributed by atoms with Crippen molar-refractivity contribution < 1.29 is 18.0 Å². The van der Waals surface area contributed by atoms with Crippen molar-refractivity contribution in [1.82, 2.24) is 10.6 Å². The number of sulfone groups is 1. The van der Waals surface area contributed by atoms with Crippen LogP contribution in [0.15, 0.2) is 60.0 Å². The van der Waals surface area contributed by atoms with Gasteiger partial charge in [0.25, 0.3) is 0 Å². The zero-order valence-electron chi connectivity index (χ0n) is 14.9. The van der Waals surface area contributed by atoms with Crippen LogP contribution in [-0.2, 0) is 19.4 Å². The number of nitrogens with one attached hydrogen (secondary N) is 2. The average Bonchev–Trinajstić information content (AvgIpc) is 2.67. The number of hydrogen-bond donors (Lipinski definition) is 2. The van der Waals surface area contributed by atoms with Crippen LogP contribution in [0.2, 0.25) is 5.02 Å². The smallest absolute Gasteiger partial charge is 0.247 e. The topological polar surface area (TPSA) is 92.3 Å². The molecule has 1 fully saturated rings. The van der Waals surface area contributed by atoms with Crippen LogP contribution >= 0.6 is 23.8 Å². The van der Waals surface area contributed by atoms with Crippen LogP contribution in [0.25, 0.3) is 5.57 Å². The van der Waals surface area contributed by atoms with Crippen LogP contribution in [0.3, 0.4) is 0 Å². The lowest BCUT2D eigenvalue weighted by Gasteiger charge is -2.44. The SMILES string of the molecule is O=C1NC(=S)NC(=O)C12C(c1ccccc1)=CS(=O)(=O)CC2c1ccc(Cl)cc1. The molecule has 2 amide bonds. The van der Waals surface area contributed by atoms with Crippen molar-refractivity contribution in [3.8, 4) is 0 Å². The van der Waals surface area contributed by atoms with Gasteiger partial charge < -0.3 is 10.6 Å². The molecule has 2 aromatic rings. The van der Waals surface area contributed by atoms with Gasteiger partial charge >= 0.3 is 0 Å². The summed E-state index contributed by atoms with van der Waals surface area (Å²) in [7, 11) is -3.71. The number of carbonyl (C=O) groups excluding carboxylic acids is 2. The zero-order chi connectivity index (χ0) is 20.8. The molecule has 9 heteroatoms. The van der Waals surface area contributed by atoms with Crippen LogP contribution in [0.4, 0.5) is 0 Å². The van der Waals surface area contributed by atoms with Gasteiger partial charge in [0.15, 0.2) is 20.4 Å². The third-order valence-corrected chi connectivity index (χ3v) is 7.02. The minimum atomic E-state index is -3.71. The standard InChI is InChI=1S/C20H15ClN2O4S2/c21-14-8-6-13(7-9-14)16-11-29(26,27)10-15(12-4-2-1-3-5-12)20(16)17(24)22-19(28)23-18(20)25/h1-10,16H,11H2,(H2,22,23,24,25,28). The molecule has 6 nitrogen and oxygen atoms in total. The Labute approximate surface area is 177 Å². The Hall–Kier alpha value is -2.55.